The van der Waals surface area contributed by atoms with Gasteiger partial charge in [-0.15, -0.1) is 0 Å². The maximum Gasteiger partial charge on any atom is 0.0827 e. The van der Waals surface area contributed by atoms with E-state index >= 15 is 0 Å². The number of halogens is 1. The standard InChI is InChI=1S/C27H41F/c1-2-3-4-7-22-9-13-24(14-10-22)26-17-19-27(20-18-26)25-15-11-23(12-16-25)8-5-6-21-28/h6,9-10,13-14,21,23,25-27H,2-5,7-8,11-12,15-20H2,1H3/b21-6+/t23-,25-,26?,27?. The predicted molar refractivity (Wildman–Crippen MR) is 119 cm³/mol. The molecule has 1 aromatic rings. The molecule has 2 aliphatic rings. The Hall–Kier alpha value is -1.11. The summed E-state index contributed by atoms with van der Waals surface area (Å²) in [7, 11) is 0. The highest BCUT2D eigenvalue weighted by molar-refractivity contribution is 5.26. The first-order valence-corrected chi connectivity index (χ1v) is 12.1. The van der Waals surface area contributed by atoms with Gasteiger partial charge in [-0.25, -0.2) is 4.39 Å². The van der Waals surface area contributed by atoms with Gasteiger partial charge in [0, 0.05) is 0 Å². The molecule has 0 bridgehead atoms. The highest BCUT2D eigenvalue weighted by atomic mass is 19.1. The summed E-state index contributed by atoms with van der Waals surface area (Å²) < 4.78 is 12.1. The van der Waals surface area contributed by atoms with Crippen LogP contribution in [0.2, 0.25) is 0 Å². The largest absolute Gasteiger partial charge is 0.216 e. The van der Waals surface area contributed by atoms with E-state index in [9.17, 15) is 4.39 Å². The second-order valence-electron chi connectivity index (χ2n) is 9.53. The molecule has 1 heteroatoms. The van der Waals surface area contributed by atoms with Crippen molar-refractivity contribution in [3.05, 3.63) is 47.8 Å². The number of rotatable bonds is 9. The molecule has 0 N–H and O–H groups in total. The first-order chi connectivity index (χ1) is 13.8. The molecule has 0 unspecified atom stereocenters. The minimum atomic E-state index is 0.712. The van der Waals surface area contributed by atoms with Crippen molar-refractivity contribution >= 4 is 0 Å². The number of hydrogen-bond acceptors (Lipinski definition) is 0. The van der Waals surface area contributed by atoms with Gasteiger partial charge in [0.15, 0.2) is 0 Å². The summed E-state index contributed by atoms with van der Waals surface area (Å²) in [5, 5.41) is 0. The summed E-state index contributed by atoms with van der Waals surface area (Å²) in [6, 6.07) is 9.61. The maximum absolute atomic E-state index is 12.1. The van der Waals surface area contributed by atoms with Crippen LogP contribution in [0.4, 0.5) is 4.39 Å². The van der Waals surface area contributed by atoms with E-state index in [-0.39, 0.29) is 0 Å². The van der Waals surface area contributed by atoms with E-state index in [0.29, 0.717) is 6.33 Å². The third kappa shape index (κ3) is 6.46. The monoisotopic (exact) mass is 384 g/mol. The Morgan fingerprint density at radius 1 is 0.857 bits per heavy atom. The molecular weight excluding hydrogens is 343 g/mol. The maximum atomic E-state index is 12.1. The van der Waals surface area contributed by atoms with Crippen molar-refractivity contribution in [1.82, 2.24) is 0 Å². The van der Waals surface area contributed by atoms with Crippen LogP contribution in [0.1, 0.15) is 107 Å². The molecule has 0 aromatic heterocycles. The van der Waals surface area contributed by atoms with Crippen LogP contribution in [0.5, 0.6) is 0 Å². The van der Waals surface area contributed by atoms with Crippen LogP contribution in [0.25, 0.3) is 0 Å². The molecule has 0 amide bonds. The molecule has 0 saturated heterocycles. The van der Waals surface area contributed by atoms with Gasteiger partial charge in [0.2, 0.25) is 0 Å². The lowest BCUT2D eigenvalue weighted by Crippen LogP contribution is -2.25. The molecule has 2 fully saturated rings. The van der Waals surface area contributed by atoms with Gasteiger partial charge in [0.1, 0.15) is 0 Å². The second-order valence-corrected chi connectivity index (χ2v) is 9.53. The molecule has 1 aromatic carbocycles. The van der Waals surface area contributed by atoms with Crippen LogP contribution in [-0.2, 0) is 6.42 Å². The normalized spacial score (nSPS) is 28.6. The number of aryl methyl sites for hydroxylation is 1. The lowest BCUT2D eigenvalue weighted by molar-refractivity contribution is 0.157. The molecular formula is C27H41F. The molecule has 156 valence electrons. The third-order valence-corrected chi connectivity index (χ3v) is 7.68. The summed E-state index contributed by atoms with van der Waals surface area (Å²) in [5.74, 6) is 3.58. The fraction of sp³-hybridized carbons (Fsp3) is 0.704. The average Bonchev–Trinajstić information content (AvgIpc) is 2.75. The van der Waals surface area contributed by atoms with Crippen molar-refractivity contribution in [3.63, 3.8) is 0 Å². The van der Waals surface area contributed by atoms with Crippen LogP contribution in [0.3, 0.4) is 0 Å². The number of hydrogen-bond donors (Lipinski definition) is 0. The van der Waals surface area contributed by atoms with Gasteiger partial charge in [-0.1, -0.05) is 62.9 Å². The lowest BCUT2D eigenvalue weighted by atomic mass is 9.68. The second kappa shape index (κ2) is 11.8. The quantitative estimate of drug-likeness (QED) is 0.373. The summed E-state index contributed by atoms with van der Waals surface area (Å²) in [4.78, 5) is 0. The highest BCUT2D eigenvalue weighted by Crippen LogP contribution is 2.44. The highest BCUT2D eigenvalue weighted by Gasteiger charge is 2.31. The van der Waals surface area contributed by atoms with E-state index in [4.69, 9.17) is 0 Å². The van der Waals surface area contributed by atoms with Gasteiger partial charge >= 0.3 is 0 Å². The first kappa shape index (κ1) is 21.6. The van der Waals surface area contributed by atoms with E-state index in [1.54, 1.807) is 11.6 Å². The molecule has 3 rings (SSSR count). The van der Waals surface area contributed by atoms with Crippen LogP contribution in [0.15, 0.2) is 36.7 Å². The molecule has 0 nitrogen and oxygen atoms in total. The van der Waals surface area contributed by atoms with Crippen LogP contribution in [0, 0.1) is 17.8 Å². The van der Waals surface area contributed by atoms with Crippen molar-refractivity contribution in [3.8, 4) is 0 Å². The van der Waals surface area contributed by atoms with Crippen molar-refractivity contribution in [1.29, 1.82) is 0 Å². The molecule has 0 atom stereocenters. The molecule has 0 heterocycles. The number of allylic oxidation sites excluding steroid dienone is 1. The molecule has 28 heavy (non-hydrogen) atoms. The first-order valence-electron chi connectivity index (χ1n) is 12.1. The topological polar surface area (TPSA) is 0 Å². The van der Waals surface area contributed by atoms with E-state index in [1.165, 1.54) is 89.0 Å². The average molecular weight is 385 g/mol. The zero-order valence-corrected chi connectivity index (χ0v) is 18.1. The van der Waals surface area contributed by atoms with Gasteiger partial charge in [-0.05, 0) is 99.0 Å². The zero-order chi connectivity index (χ0) is 19.6. The van der Waals surface area contributed by atoms with E-state index in [0.717, 1.165) is 30.1 Å². The van der Waals surface area contributed by atoms with Gasteiger partial charge in [-0.3, -0.25) is 0 Å². The Balaban J connectivity index is 1.39. The minimum absolute atomic E-state index is 0.712. The van der Waals surface area contributed by atoms with Gasteiger partial charge in [0.05, 0.1) is 6.33 Å². The lowest BCUT2D eigenvalue weighted by Gasteiger charge is -2.38. The summed E-state index contributed by atoms with van der Waals surface area (Å²) in [6.45, 7) is 2.28. The van der Waals surface area contributed by atoms with Crippen LogP contribution >= 0.6 is 0 Å². The van der Waals surface area contributed by atoms with Gasteiger partial charge in [0.25, 0.3) is 0 Å². The minimum Gasteiger partial charge on any atom is -0.216 e. The predicted octanol–water partition coefficient (Wildman–Crippen LogP) is 8.76. The van der Waals surface area contributed by atoms with Crippen molar-refractivity contribution in [2.24, 2.45) is 17.8 Å². The SMILES string of the molecule is CCCCCc1ccc(C2CCC([C@H]3CC[C@H](CC/C=C/F)CC3)CC2)cc1. The van der Waals surface area contributed by atoms with Crippen molar-refractivity contribution < 1.29 is 4.39 Å². The fourth-order valence-electron chi connectivity index (χ4n) is 5.80. The molecule has 0 spiro atoms. The fourth-order valence-corrected chi connectivity index (χ4v) is 5.80. The van der Waals surface area contributed by atoms with Crippen molar-refractivity contribution in [2.75, 3.05) is 0 Å². The van der Waals surface area contributed by atoms with Crippen molar-refractivity contribution in [2.45, 2.75) is 103 Å². The Kier molecular flexibility index (Phi) is 9.09. The van der Waals surface area contributed by atoms with E-state index in [2.05, 4.69) is 31.2 Å². The van der Waals surface area contributed by atoms with Crippen LogP contribution in [-0.4, -0.2) is 0 Å². The van der Waals surface area contributed by atoms with Gasteiger partial charge < -0.3 is 0 Å². The Morgan fingerprint density at radius 3 is 2.11 bits per heavy atom. The Morgan fingerprint density at radius 2 is 1.50 bits per heavy atom. The molecule has 2 aliphatic carbocycles. The third-order valence-electron chi connectivity index (χ3n) is 7.68. The Labute approximate surface area is 173 Å². The molecule has 0 aliphatic heterocycles. The summed E-state index contributed by atoms with van der Waals surface area (Å²) >= 11 is 0. The van der Waals surface area contributed by atoms with Gasteiger partial charge in [-0.2, -0.15) is 0 Å². The van der Waals surface area contributed by atoms with E-state index < -0.39 is 0 Å². The van der Waals surface area contributed by atoms with Crippen LogP contribution < -0.4 is 0 Å². The Bertz CT molecular complexity index is 556. The number of benzene rings is 1. The summed E-state index contributed by atoms with van der Waals surface area (Å²) in [5.41, 5.74) is 3.10. The molecule has 2 saturated carbocycles. The zero-order valence-electron chi connectivity index (χ0n) is 18.1. The summed E-state index contributed by atoms with van der Waals surface area (Å²) in [6.07, 6.45) is 21.0. The smallest absolute Gasteiger partial charge is 0.0827 e. The number of unbranched alkanes of at least 4 members (excludes halogenated alkanes) is 2. The van der Waals surface area contributed by atoms with E-state index in [1.807, 2.05) is 0 Å². The molecule has 0 radical (unpaired) electrons.